The van der Waals surface area contributed by atoms with Gasteiger partial charge in [-0.15, -0.1) is 0 Å². The molecule has 1 aromatic carbocycles. The van der Waals surface area contributed by atoms with Crippen molar-refractivity contribution in [3.05, 3.63) is 34.1 Å². The smallest absolute Gasteiger partial charge is 0.127 e. The van der Waals surface area contributed by atoms with Crippen molar-refractivity contribution in [2.45, 2.75) is 25.3 Å². The Labute approximate surface area is 115 Å². The van der Waals surface area contributed by atoms with Crippen LogP contribution >= 0.6 is 15.9 Å². The molecule has 0 amide bonds. The van der Waals surface area contributed by atoms with E-state index in [4.69, 9.17) is 10.6 Å². The Hall–Kier alpha value is -0.490. The highest BCUT2D eigenvalue weighted by atomic mass is 79.9. The van der Waals surface area contributed by atoms with E-state index in [2.05, 4.69) is 21.4 Å². The van der Waals surface area contributed by atoms with Gasteiger partial charge >= 0.3 is 0 Å². The van der Waals surface area contributed by atoms with E-state index in [9.17, 15) is 4.39 Å². The Balaban J connectivity index is 2.04. The zero-order chi connectivity index (χ0) is 13.0. The average molecular weight is 317 g/mol. The third-order valence-corrected chi connectivity index (χ3v) is 3.93. The maximum Gasteiger partial charge on any atom is 0.127 e. The summed E-state index contributed by atoms with van der Waals surface area (Å²) in [4.78, 5) is 0. The van der Waals surface area contributed by atoms with Crippen LogP contribution in [0.5, 0.6) is 0 Å². The van der Waals surface area contributed by atoms with Crippen LogP contribution in [-0.4, -0.2) is 19.3 Å². The van der Waals surface area contributed by atoms with Crippen LogP contribution in [0.25, 0.3) is 0 Å². The maximum atomic E-state index is 13.8. The van der Waals surface area contributed by atoms with Crippen molar-refractivity contribution in [1.82, 2.24) is 5.43 Å². The fourth-order valence-corrected chi connectivity index (χ4v) is 2.70. The first-order chi connectivity index (χ1) is 8.70. The normalized spacial score (nSPS) is 21.8. The average Bonchev–Trinajstić information content (AvgIpc) is 2.39. The molecule has 0 aromatic heterocycles. The Morgan fingerprint density at radius 3 is 3.00 bits per heavy atom. The van der Waals surface area contributed by atoms with E-state index in [-0.39, 0.29) is 11.9 Å². The first-order valence-corrected chi connectivity index (χ1v) is 6.98. The van der Waals surface area contributed by atoms with E-state index in [1.165, 1.54) is 6.07 Å². The lowest BCUT2D eigenvalue weighted by molar-refractivity contribution is 0.0392. The molecule has 1 aliphatic heterocycles. The van der Waals surface area contributed by atoms with Crippen molar-refractivity contribution in [1.29, 1.82) is 0 Å². The molecular weight excluding hydrogens is 299 g/mol. The van der Waals surface area contributed by atoms with Crippen molar-refractivity contribution >= 4 is 15.9 Å². The Bertz CT molecular complexity index is 397. The van der Waals surface area contributed by atoms with Gasteiger partial charge in [-0.2, -0.15) is 0 Å². The van der Waals surface area contributed by atoms with Crippen LogP contribution in [-0.2, 0) is 11.2 Å². The molecule has 0 bridgehead atoms. The second-order valence-electron chi connectivity index (χ2n) is 4.69. The van der Waals surface area contributed by atoms with E-state index in [0.717, 1.165) is 23.9 Å². The molecule has 1 aromatic rings. The number of hydrazine groups is 1. The van der Waals surface area contributed by atoms with Gasteiger partial charge in [0.15, 0.2) is 0 Å². The van der Waals surface area contributed by atoms with Gasteiger partial charge in [-0.25, -0.2) is 4.39 Å². The van der Waals surface area contributed by atoms with Crippen LogP contribution in [0, 0.1) is 11.7 Å². The molecule has 1 fully saturated rings. The number of nitrogens with two attached hydrogens (primary N) is 1. The predicted octanol–water partition coefficient (Wildman–Crippen LogP) is 2.39. The number of ether oxygens (including phenoxy) is 1. The summed E-state index contributed by atoms with van der Waals surface area (Å²) < 4.78 is 20.0. The topological polar surface area (TPSA) is 47.3 Å². The first-order valence-electron chi connectivity index (χ1n) is 6.18. The Morgan fingerprint density at radius 1 is 1.56 bits per heavy atom. The van der Waals surface area contributed by atoms with Gasteiger partial charge in [0, 0.05) is 17.1 Å². The van der Waals surface area contributed by atoms with Crippen LogP contribution in [0.1, 0.15) is 18.4 Å². The number of rotatable bonds is 4. The number of nitrogens with one attached hydrogen (secondary N) is 1. The van der Waals surface area contributed by atoms with Gasteiger partial charge in [0.05, 0.1) is 6.61 Å². The van der Waals surface area contributed by atoms with Gasteiger partial charge in [0.2, 0.25) is 0 Å². The molecule has 0 aliphatic carbocycles. The minimum Gasteiger partial charge on any atom is -0.381 e. The second kappa shape index (κ2) is 6.61. The summed E-state index contributed by atoms with van der Waals surface area (Å²) in [5.74, 6) is 5.75. The SMILES string of the molecule is NNC(Cc1ccc(Br)cc1F)C1CCCOC1. The lowest BCUT2D eigenvalue weighted by Gasteiger charge is -2.29. The third kappa shape index (κ3) is 3.51. The van der Waals surface area contributed by atoms with Gasteiger partial charge in [-0.3, -0.25) is 11.3 Å². The van der Waals surface area contributed by atoms with Gasteiger partial charge in [0.1, 0.15) is 5.82 Å². The van der Waals surface area contributed by atoms with Crippen LogP contribution in [0.2, 0.25) is 0 Å². The molecule has 1 aliphatic rings. The summed E-state index contributed by atoms with van der Waals surface area (Å²) in [5, 5.41) is 0. The maximum absolute atomic E-state index is 13.8. The molecule has 5 heteroatoms. The summed E-state index contributed by atoms with van der Waals surface area (Å²) in [6.45, 7) is 1.52. The first kappa shape index (κ1) is 13.9. The molecule has 1 saturated heterocycles. The molecule has 0 saturated carbocycles. The van der Waals surface area contributed by atoms with Crippen molar-refractivity contribution in [2.75, 3.05) is 13.2 Å². The van der Waals surface area contributed by atoms with E-state index >= 15 is 0 Å². The molecule has 0 radical (unpaired) electrons. The lowest BCUT2D eigenvalue weighted by atomic mass is 9.89. The van der Waals surface area contributed by atoms with Crippen LogP contribution < -0.4 is 11.3 Å². The molecule has 18 heavy (non-hydrogen) atoms. The fourth-order valence-electron chi connectivity index (χ4n) is 2.37. The molecular formula is C13H18BrFN2O. The molecule has 2 unspecified atom stereocenters. The summed E-state index contributed by atoms with van der Waals surface area (Å²) in [6, 6.07) is 5.19. The highest BCUT2D eigenvalue weighted by molar-refractivity contribution is 9.10. The Morgan fingerprint density at radius 2 is 2.39 bits per heavy atom. The molecule has 0 spiro atoms. The van der Waals surface area contributed by atoms with Crippen LogP contribution in [0.3, 0.4) is 0 Å². The van der Waals surface area contributed by atoms with E-state index in [0.29, 0.717) is 24.5 Å². The fraction of sp³-hybridized carbons (Fsp3) is 0.538. The quantitative estimate of drug-likeness (QED) is 0.662. The van der Waals surface area contributed by atoms with Gasteiger partial charge < -0.3 is 4.74 Å². The van der Waals surface area contributed by atoms with Gasteiger partial charge in [0.25, 0.3) is 0 Å². The minimum atomic E-state index is -0.193. The summed E-state index contributed by atoms with van der Waals surface area (Å²) in [5.41, 5.74) is 3.49. The van der Waals surface area contributed by atoms with Crippen LogP contribution in [0.4, 0.5) is 4.39 Å². The molecule has 100 valence electrons. The summed E-state index contributed by atoms with van der Waals surface area (Å²) in [6.07, 6.45) is 2.71. The highest BCUT2D eigenvalue weighted by Gasteiger charge is 2.24. The Kier molecular flexibility index (Phi) is 5.12. The highest BCUT2D eigenvalue weighted by Crippen LogP contribution is 2.22. The van der Waals surface area contributed by atoms with E-state index < -0.39 is 0 Å². The van der Waals surface area contributed by atoms with Crippen molar-refractivity contribution in [2.24, 2.45) is 11.8 Å². The standard InChI is InChI=1S/C13H18BrFN2O/c14-11-4-3-9(12(15)7-11)6-13(17-16)10-2-1-5-18-8-10/h3-4,7,10,13,17H,1-2,5-6,8,16H2. The van der Waals surface area contributed by atoms with E-state index in [1.807, 2.05) is 6.07 Å². The molecule has 1 heterocycles. The second-order valence-corrected chi connectivity index (χ2v) is 5.61. The largest absolute Gasteiger partial charge is 0.381 e. The third-order valence-electron chi connectivity index (χ3n) is 3.43. The van der Waals surface area contributed by atoms with Crippen LogP contribution in [0.15, 0.2) is 22.7 Å². The van der Waals surface area contributed by atoms with Crippen molar-refractivity contribution in [3.63, 3.8) is 0 Å². The zero-order valence-corrected chi connectivity index (χ0v) is 11.7. The van der Waals surface area contributed by atoms with Gasteiger partial charge in [-0.05, 0) is 42.9 Å². The molecule has 3 N–H and O–H groups in total. The summed E-state index contributed by atoms with van der Waals surface area (Å²) >= 11 is 3.26. The molecule has 2 rings (SSSR count). The number of benzene rings is 1. The molecule has 3 nitrogen and oxygen atoms in total. The minimum absolute atomic E-state index is 0.0565. The number of halogens is 2. The lowest BCUT2D eigenvalue weighted by Crippen LogP contribution is -2.45. The number of hydrogen-bond acceptors (Lipinski definition) is 3. The monoisotopic (exact) mass is 316 g/mol. The van der Waals surface area contributed by atoms with Crippen molar-refractivity contribution in [3.8, 4) is 0 Å². The van der Waals surface area contributed by atoms with Gasteiger partial charge in [-0.1, -0.05) is 22.0 Å². The van der Waals surface area contributed by atoms with Crippen molar-refractivity contribution < 1.29 is 9.13 Å². The summed E-state index contributed by atoms with van der Waals surface area (Å²) in [7, 11) is 0. The predicted molar refractivity (Wildman–Crippen MR) is 72.5 cm³/mol. The number of hydrogen-bond donors (Lipinski definition) is 2. The molecule has 2 atom stereocenters. The zero-order valence-electron chi connectivity index (χ0n) is 10.2. The van der Waals surface area contributed by atoms with E-state index in [1.54, 1.807) is 6.07 Å².